The molecule has 1 aliphatic carbocycles. The molecule has 0 aliphatic heterocycles. The van der Waals surface area contributed by atoms with Crippen LogP contribution in [-0.4, -0.2) is 12.1 Å². The van der Waals surface area contributed by atoms with Crippen LogP contribution in [0.25, 0.3) is 0 Å². The monoisotopic (exact) mass is 251 g/mol. The maximum absolute atomic E-state index is 10.2. The van der Waals surface area contributed by atoms with Crippen molar-refractivity contribution in [2.45, 2.75) is 25.3 Å². The highest BCUT2D eigenvalue weighted by molar-refractivity contribution is 9.10. The minimum absolute atomic E-state index is 0.124. The van der Waals surface area contributed by atoms with Crippen LogP contribution in [-0.2, 0) is 17.6 Å². The first-order valence-electron chi connectivity index (χ1n) is 4.64. The largest absolute Gasteiger partial charge is 0.235 e. The third-order valence-electron chi connectivity index (χ3n) is 2.64. The third kappa shape index (κ3) is 1.79. The molecule has 2 rings (SSSR count). The molecule has 1 aromatic carbocycles. The van der Waals surface area contributed by atoms with Crippen LogP contribution in [0.1, 0.15) is 17.5 Å². The quantitative estimate of drug-likeness (QED) is 0.558. The lowest BCUT2D eigenvalue weighted by atomic mass is 9.89. The first-order valence-corrected chi connectivity index (χ1v) is 5.44. The Bertz CT molecular complexity index is 396. The number of hydrogen-bond acceptors (Lipinski definition) is 2. The highest BCUT2D eigenvalue weighted by atomic mass is 79.9. The molecular weight excluding hydrogens is 242 g/mol. The summed E-state index contributed by atoms with van der Waals surface area (Å²) in [6, 6.07) is 6.35. The zero-order valence-corrected chi connectivity index (χ0v) is 9.25. The van der Waals surface area contributed by atoms with Gasteiger partial charge >= 0.3 is 0 Å². The van der Waals surface area contributed by atoms with E-state index in [1.807, 2.05) is 12.1 Å². The van der Waals surface area contributed by atoms with Crippen molar-refractivity contribution in [1.82, 2.24) is 0 Å². The summed E-state index contributed by atoms with van der Waals surface area (Å²) < 4.78 is 1.13. The van der Waals surface area contributed by atoms with Crippen LogP contribution >= 0.6 is 15.9 Å². The summed E-state index contributed by atoms with van der Waals surface area (Å²) in [6.07, 6.45) is 4.46. The maximum atomic E-state index is 10.2. The van der Waals surface area contributed by atoms with Gasteiger partial charge < -0.3 is 0 Å². The van der Waals surface area contributed by atoms with Gasteiger partial charge in [-0.05, 0) is 36.5 Å². The Hall–Kier alpha value is -0.920. The van der Waals surface area contributed by atoms with Gasteiger partial charge in [0.15, 0.2) is 0 Å². The number of carbonyl (C=O) groups excluding carboxylic acids is 1. The molecule has 0 bridgehead atoms. The minimum Gasteiger partial charge on any atom is -0.211 e. The first-order chi connectivity index (χ1) is 6.81. The van der Waals surface area contributed by atoms with E-state index in [0.29, 0.717) is 0 Å². The number of benzene rings is 1. The molecule has 0 fully saturated rings. The zero-order valence-electron chi connectivity index (χ0n) is 7.66. The highest BCUT2D eigenvalue weighted by Crippen LogP contribution is 2.29. The van der Waals surface area contributed by atoms with E-state index in [0.717, 1.165) is 23.7 Å². The van der Waals surface area contributed by atoms with Crippen LogP contribution in [0.15, 0.2) is 27.7 Å². The molecule has 0 aromatic heterocycles. The van der Waals surface area contributed by atoms with Crippen LogP contribution < -0.4 is 0 Å². The van der Waals surface area contributed by atoms with Crippen LogP contribution in [0.4, 0.5) is 0 Å². The predicted molar refractivity (Wildman–Crippen MR) is 58.1 cm³/mol. The van der Waals surface area contributed by atoms with Crippen molar-refractivity contribution < 1.29 is 4.79 Å². The Morgan fingerprint density at radius 2 is 2.36 bits per heavy atom. The van der Waals surface area contributed by atoms with Crippen LogP contribution in [0, 0.1) is 0 Å². The highest BCUT2D eigenvalue weighted by Gasteiger charge is 2.19. The molecule has 0 saturated carbocycles. The van der Waals surface area contributed by atoms with Crippen molar-refractivity contribution in [3.63, 3.8) is 0 Å². The summed E-state index contributed by atoms with van der Waals surface area (Å²) in [4.78, 5) is 14.0. The number of aliphatic imine (C=N–C) groups is 1. The summed E-state index contributed by atoms with van der Waals surface area (Å²) in [7, 11) is 0. The number of isocyanates is 1. The average molecular weight is 252 g/mol. The van der Waals surface area contributed by atoms with E-state index in [4.69, 9.17) is 0 Å². The Kier molecular flexibility index (Phi) is 2.80. The Morgan fingerprint density at radius 1 is 1.50 bits per heavy atom. The number of nitrogens with zero attached hydrogens (tertiary/aromatic N) is 1. The lowest BCUT2D eigenvalue weighted by molar-refractivity contribution is 0.538. The fraction of sp³-hybridized carbons (Fsp3) is 0.364. The number of halogens is 1. The number of aryl methyl sites for hydroxylation is 1. The van der Waals surface area contributed by atoms with Crippen molar-refractivity contribution in [3.8, 4) is 0 Å². The molecule has 3 heteroatoms. The van der Waals surface area contributed by atoms with Gasteiger partial charge in [0.25, 0.3) is 0 Å². The van der Waals surface area contributed by atoms with Gasteiger partial charge in [0.2, 0.25) is 6.08 Å². The molecule has 0 amide bonds. The van der Waals surface area contributed by atoms with Crippen molar-refractivity contribution in [2.24, 2.45) is 4.99 Å². The summed E-state index contributed by atoms with van der Waals surface area (Å²) in [5, 5.41) is 0. The summed E-state index contributed by atoms with van der Waals surface area (Å²) in [5.41, 5.74) is 2.67. The topological polar surface area (TPSA) is 29.4 Å². The van der Waals surface area contributed by atoms with E-state index in [-0.39, 0.29) is 6.04 Å². The number of fused-ring (bicyclic) bond motifs is 1. The smallest absolute Gasteiger partial charge is 0.211 e. The second kappa shape index (κ2) is 4.07. The number of rotatable bonds is 1. The van der Waals surface area contributed by atoms with Gasteiger partial charge in [0.1, 0.15) is 0 Å². The van der Waals surface area contributed by atoms with Gasteiger partial charge in [-0.15, -0.1) is 0 Å². The summed E-state index contributed by atoms with van der Waals surface area (Å²) in [6.45, 7) is 0. The third-order valence-corrected chi connectivity index (χ3v) is 3.38. The second-order valence-electron chi connectivity index (χ2n) is 3.49. The SMILES string of the molecule is O=C=NC1CCc2cccc(Br)c2C1. The van der Waals surface area contributed by atoms with Crippen LogP contribution in [0.2, 0.25) is 0 Å². The van der Waals surface area contributed by atoms with Gasteiger partial charge in [-0.25, -0.2) is 9.79 Å². The van der Waals surface area contributed by atoms with E-state index in [1.54, 1.807) is 6.08 Å². The zero-order chi connectivity index (χ0) is 9.97. The average Bonchev–Trinajstić information content (AvgIpc) is 2.20. The van der Waals surface area contributed by atoms with E-state index >= 15 is 0 Å². The van der Waals surface area contributed by atoms with Gasteiger partial charge in [0.05, 0.1) is 6.04 Å². The second-order valence-corrected chi connectivity index (χ2v) is 4.35. The van der Waals surface area contributed by atoms with E-state index < -0.39 is 0 Å². The van der Waals surface area contributed by atoms with Gasteiger partial charge in [0, 0.05) is 4.47 Å². The molecule has 0 heterocycles. The molecular formula is C11H10BrNO. The Labute approximate surface area is 91.2 Å². The predicted octanol–water partition coefficient (Wildman–Crippen LogP) is 2.64. The Balaban J connectivity index is 2.33. The standard InChI is InChI=1S/C11H10BrNO/c12-11-3-1-2-8-4-5-9(13-7-14)6-10(8)11/h1-3,9H,4-6H2. The van der Waals surface area contributed by atoms with Crippen molar-refractivity contribution >= 4 is 22.0 Å². The van der Waals surface area contributed by atoms with Gasteiger partial charge in [-0.1, -0.05) is 28.1 Å². The van der Waals surface area contributed by atoms with Crippen LogP contribution in [0.3, 0.4) is 0 Å². The fourth-order valence-corrected chi connectivity index (χ4v) is 2.48. The van der Waals surface area contributed by atoms with Gasteiger partial charge in [-0.2, -0.15) is 0 Å². The fourth-order valence-electron chi connectivity index (χ4n) is 1.91. The van der Waals surface area contributed by atoms with E-state index in [1.165, 1.54) is 11.1 Å². The minimum atomic E-state index is 0.124. The molecule has 14 heavy (non-hydrogen) atoms. The molecule has 1 aliphatic rings. The lowest BCUT2D eigenvalue weighted by Gasteiger charge is -2.21. The Morgan fingerprint density at radius 3 is 3.14 bits per heavy atom. The molecule has 0 N–H and O–H groups in total. The molecule has 1 atom stereocenters. The van der Waals surface area contributed by atoms with Crippen molar-refractivity contribution in [2.75, 3.05) is 0 Å². The van der Waals surface area contributed by atoms with Crippen molar-refractivity contribution in [1.29, 1.82) is 0 Å². The maximum Gasteiger partial charge on any atom is 0.235 e. The first kappa shape index (κ1) is 9.63. The molecule has 0 spiro atoms. The normalized spacial score (nSPS) is 19.6. The molecule has 1 aromatic rings. The summed E-state index contributed by atoms with van der Waals surface area (Å²) >= 11 is 3.52. The van der Waals surface area contributed by atoms with Crippen LogP contribution in [0.5, 0.6) is 0 Å². The molecule has 0 radical (unpaired) electrons. The lowest BCUT2D eigenvalue weighted by Crippen LogP contribution is -2.17. The molecule has 1 unspecified atom stereocenters. The van der Waals surface area contributed by atoms with Crippen molar-refractivity contribution in [3.05, 3.63) is 33.8 Å². The van der Waals surface area contributed by atoms with E-state index in [2.05, 4.69) is 27.0 Å². The summed E-state index contributed by atoms with van der Waals surface area (Å²) in [5.74, 6) is 0. The molecule has 72 valence electrons. The van der Waals surface area contributed by atoms with Gasteiger partial charge in [-0.3, -0.25) is 0 Å². The number of hydrogen-bond donors (Lipinski definition) is 0. The molecule has 2 nitrogen and oxygen atoms in total. The van der Waals surface area contributed by atoms with E-state index in [9.17, 15) is 4.79 Å². The molecule has 0 saturated heterocycles.